The second kappa shape index (κ2) is 5.48. The molecule has 0 amide bonds. The minimum Gasteiger partial charge on any atom is -0.508 e. The summed E-state index contributed by atoms with van der Waals surface area (Å²) in [7, 11) is 0. The molecule has 4 heteroatoms. The highest BCUT2D eigenvalue weighted by Gasteiger charge is 2.41. The van der Waals surface area contributed by atoms with Crippen molar-refractivity contribution in [2.45, 2.75) is 32.3 Å². The smallest absolute Gasteiger partial charge is 0.138 e. The van der Waals surface area contributed by atoms with Gasteiger partial charge >= 0.3 is 0 Å². The van der Waals surface area contributed by atoms with E-state index in [-0.39, 0.29) is 23.5 Å². The van der Waals surface area contributed by atoms with E-state index in [1.54, 1.807) is 18.2 Å². The Morgan fingerprint density at radius 3 is 2.75 bits per heavy atom. The second-order valence-electron chi connectivity index (χ2n) is 6.68. The zero-order valence-corrected chi connectivity index (χ0v) is 13.7. The van der Waals surface area contributed by atoms with E-state index in [1.165, 1.54) is 5.57 Å². The topological polar surface area (TPSA) is 58.9 Å². The van der Waals surface area contributed by atoms with Crippen LogP contribution in [-0.2, 0) is 6.42 Å². The van der Waals surface area contributed by atoms with Crippen LogP contribution in [-0.4, -0.2) is 16.8 Å². The first-order valence-electron chi connectivity index (χ1n) is 8.14. The Labute approximate surface area is 141 Å². The normalized spacial score (nSPS) is 20.2. The Morgan fingerprint density at radius 2 is 1.96 bits per heavy atom. The molecule has 0 radical (unpaired) electrons. The van der Waals surface area contributed by atoms with Crippen LogP contribution in [0.2, 0.25) is 0 Å². The Kier molecular flexibility index (Phi) is 3.41. The van der Waals surface area contributed by atoms with Crippen molar-refractivity contribution in [3.63, 3.8) is 0 Å². The number of aromatic hydroxyl groups is 2. The van der Waals surface area contributed by atoms with Gasteiger partial charge in [-0.3, -0.25) is 0 Å². The lowest BCUT2D eigenvalue weighted by molar-refractivity contribution is 0.139. The number of benzene rings is 2. The molecule has 0 unspecified atom stereocenters. The van der Waals surface area contributed by atoms with Crippen LogP contribution in [0.25, 0.3) is 0 Å². The van der Waals surface area contributed by atoms with Crippen LogP contribution in [0.15, 0.2) is 42.0 Å². The molecule has 2 aromatic rings. The minimum absolute atomic E-state index is 0.106. The molecule has 0 bridgehead atoms. The fourth-order valence-electron chi connectivity index (χ4n) is 3.41. The van der Waals surface area contributed by atoms with Gasteiger partial charge in [0.2, 0.25) is 0 Å². The number of fused-ring (bicyclic) bond motifs is 5. The van der Waals surface area contributed by atoms with E-state index in [2.05, 4.69) is 6.08 Å². The van der Waals surface area contributed by atoms with Gasteiger partial charge in [0.05, 0.1) is 12.5 Å². The van der Waals surface area contributed by atoms with E-state index in [1.807, 2.05) is 26.0 Å². The molecule has 2 aliphatic rings. The van der Waals surface area contributed by atoms with E-state index in [4.69, 9.17) is 9.47 Å². The molecule has 124 valence electrons. The standard InChI is InChI=1S/C20H20O4/c1-11(2)3-4-12-7-15-18(9-17(12)22)23-10-16-14-6-5-13(21)8-19(14)24-20(15)16/h3,5-9,16,20-22H,4,10H2,1-2H3/t16-,20+/m1/s1. The van der Waals surface area contributed by atoms with Crippen molar-refractivity contribution in [3.8, 4) is 23.0 Å². The van der Waals surface area contributed by atoms with Crippen molar-refractivity contribution < 1.29 is 19.7 Å². The van der Waals surface area contributed by atoms with E-state index in [9.17, 15) is 10.2 Å². The van der Waals surface area contributed by atoms with Crippen LogP contribution in [0.1, 0.15) is 42.6 Å². The summed E-state index contributed by atoms with van der Waals surface area (Å²) in [6, 6.07) is 8.89. The molecule has 0 aliphatic carbocycles. The zero-order chi connectivity index (χ0) is 16.8. The maximum absolute atomic E-state index is 10.2. The molecule has 0 spiro atoms. The minimum atomic E-state index is -0.142. The number of ether oxygens (including phenoxy) is 2. The molecule has 2 heterocycles. The van der Waals surface area contributed by atoms with Gasteiger partial charge in [0.1, 0.15) is 29.1 Å². The van der Waals surface area contributed by atoms with Gasteiger partial charge < -0.3 is 19.7 Å². The average Bonchev–Trinajstić information content (AvgIpc) is 2.90. The SMILES string of the molecule is CC(C)=CCc1cc2c(cc1O)OC[C@@H]1c3ccc(O)cc3O[C@@H]21. The third kappa shape index (κ3) is 2.39. The molecule has 2 aromatic carbocycles. The van der Waals surface area contributed by atoms with Gasteiger partial charge in [-0.2, -0.15) is 0 Å². The number of phenols is 2. The van der Waals surface area contributed by atoms with Gasteiger partial charge in [0.15, 0.2) is 0 Å². The first-order chi connectivity index (χ1) is 11.5. The van der Waals surface area contributed by atoms with Crippen molar-refractivity contribution in [2.75, 3.05) is 6.61 Å². The van der Waals surface area contributed by atoms with Crippen LogP contribution in [0.4, 0.5) is 0 Å². The molecule has 0 saturated heterocycles. The lowest BCUT2D eigenvalue weighted by Crippen LogP contribution is -2.23. The molecule has 0 saturated carbocycles. The summed E-state index contributed by atoms with van der Waals surface area (Å²) in [6.07, 6.45) is 2.62. The average molecular weight is 324 g/mol. The largest absolute Gasteiger partial charge is 0.508 e. The Bertz CT molecular complexity index is 834. The lowest BCUT2D eigenvalue weighted by atomic mass is 9.88. The Balaban J connectivity index is 1.74. The molecule has 2 N–H and O–H groups in total. The van der Waals surface area contributed by atoms with Gasteiger partial charge in [-0.1, -0.05) is 17.7 Å². The third-order valence-corrected chi connectivity index (χ3v) is 4.68. The highest BCUT2D eigenvalue weighted by atomic mass is 16.5. The lowest BCUT2D eigenvalue weighted by Gasteiger charge is -2.28. The van der Waals surface area contributed by atoms with Gasteiger partial charge in [-0.25, -0.2) is 0 Å². The van der Waals surface area contributed by atoms with Crippen molar-refractivity contribution in [1.29, 1.82) is 0 Å². The summed E-state index contributed by atoms with van der Waals surface area (Å²) < 4.78 is 12.0. The second-order valence-corrected chi connectivity index (χ2v) is 6.68. The Hall–Kier alpha value is -2.62. The van der Waals surface area contributed by atoms with Crippen molar-refractivity contribution in [1.82, 2.24) is 0 Å². The van der Waals surface area contributed by atoms with E-state index < -0.39 is 0 Å². The van der Waals surface area contributed by atoms with E-state index in [0.717, 1.165) is 16.7 Å². The summed E-state index contributed by atoms with van der Waals surface area (Å²) >= 11 is 0. The fourth-order valence-corrected chi connectivity index (χ4v) is 3.41. The molecule has 4 nitrogen and oxygen atoms in total. The Morgan fingerprint density at radius 1 is 1.12 bits per heavy atom. The van der Waals surface area contributed by atoms with Gasteiger partial charge in [-0.15, -0.1) is 0 Å². The maximum Gasteiger partial charge on any atom is 0.138 e. The number of hydrogen-bond acceptors (Lipinski definition) is 4. The van der Waals surface area contributed by atoms with Gasteiger partial charge in [-0.05, 0) is 38.0 Å². The van der Waals surface area contributed by atoms with Crippen molar-refractivity contribution >= 4 is 0 Å². The molecule has 4 rings (SSSR count). The number of hydrogen-bond donors (Lipinski definition) is 2. The van der Waals surface area contributed by atoms with Crippen LogP contribution in [0, 0.1) is 0 Å². The monoisotopic (exact) mass is 324 g/mol. The summed E-state index contributed by atoms with van der Waals surface area (Å²) in [5.41, 5.74) is 4.09. The number of phenolic OH excluding ortho intramolecular Hbond substituents is 2. The van der Waals surface area contributed by atoms with Gasteiger partial charge in [0, 0.05) is 23.3 Å². The summed E-state index contributed by atoms with van der Waals surface area (Å²) in [5.74, 6) is 1.93. The summed E-state index contributed by atoms with van der Waals surface area (Å²) in [6.45, 7) is 4.58. The predicted molar refractivity (Wildman–Crippen MR) is 91.0 cm³/mol. The molecular weight excluding hydrogens is 304 g/mol. The summed E-state index contributed by atoms with van der Waals surface area (Å²) in [4.78, 5) is 0. The maximum atomic E-state index is 10.2. The molecule has 0 aromatic heterocycles. The predicted octanol–water partition coefficient (Wildman–Crippen LogP) is 4.22. The van der Waals surface area contributed by atoms with E-state index >= 15 is 0 Å². The van der Waals surface area contributed by atoms with Crippen LogP contribution in [0.5, 0.6) is 23.0 Å². The van der Waals surface area contributed by atoms with Crippen molar-refractivity contribution in [2.24, 2.45) is 0 Å². The highest BCUT2D eigenvalue weighted by Crippen LogP contribution is 2.52. The van der Waals surface area contributed by atoms with Crippen molar-refractivity contribution in [3.05, 3.63) is 58.7 Å². The van der Waals surface area contributed by atoms with Crippen LogP contribution >= 0.6 is 0 Å². The molecule has 2 atom stereocenters. The molecule has 0 fully saturated rings. The van der Waals surface area contributed by atoms with E-state index in [0.29, 0.717) is 24.5 Å². The molecule has 2 aliphatic heterocycles. The number of allylic oxidation sites excluding steroid dienone is 2. The first-order valence-corrected chi connectivity index (χ1v) is 8.14. The van der Waals surface area contributed by atoms with Crippen LogP contribution < -0.4 is 9.47 Å². The summed E-state index contributed by atoms with van der Waals surface area (Å²) in [5, 5.41) is 19.9. The van der Waals surface area contributed by atoms with Gasteiger partial charge in [0.25, 0.3) is 0 Å². The molecular formula is C20H20O4. The van der Waals surface area contributed by atoms with Crippen LogP contribution in [0.3, 0.4) is 0 Å². The fraction of sp³-hybridized carbons (Fsp3) is 0.300. The first kappa shape index (κ1) is 14.9. The number of rotatable bonds is 2. The zero-order valence-electron chi connectivity index (χ0n) is 13.7. The quantitative estimate of drug-likeness (QED) is 0.812. The third-order valence-electron chi connectivity index (χ3n) is 4.68. The highest BCUT2D eigenvalue weighted by molar-refractivity contribution is 5.54. The molecule has 24 heavy (non-hydrogen) atoms.